The Kier molecular flexibility index (Phi) is 4.47. The smallest absolute Gasteiger partial charge is 0.275 e. The van der Waals surface area contributed by atoms with E-state index in [1.165, 1.54) is 11.3 Å². The standard InChI is InChI=1S/C12H13ClN4OS/c1-7-8(2-3-10(13)15-7)17-12(18)9-6-19-11(16-9)4-5-14/h2-3,6H,4-5,14H2,1H3,(H,17,18). The van der Waals surface area contributed by atoms with E-state index >= 15 is 0 Å². The van der Waals surface area contributed by atoms with Gasteiger partial charge in [-0.25, -0.2) is 9.97 Å². The summed E-state index contributed by atoms with van der Waals surface area (Å²) in [4.78, 5) is 20.3. The second-order valence-electron chi connectivity index (χ2n) is 3.89. The van der Waals surface area contributed by atoms with E-state index in [1.54, 1.807) is 24.4 Å². The molecule has 2 heterocycles. The van der Waals surface area contributed by atoms with Gasteiger partial charge in [0.1, 0.15) is 10.8 Å². The third-order valence-corrected chi connectivity index (χ3v) is 3.56. The minimum absolute atomic E-state index is 0.258. The highest BCUT2D eigenvalue weighted by Crippen LogP contribution is 2.17. The number of carbonyl (C=O) groups excluding carboxylic acids is 1. The fourth-order valence-electron chi connectivity index (χ4n) is 1.50. The molecule has 2 rings (SSSR count). The minimum atomic E-state index is -0.258. The quantitative estimate of drug-likeness (QED) is 0.848. The van der Waals surface area contributed by atoms with Crippen LogP contribution in [0.4, 0.5) is 5.69 Å². The fourth-order valence-corrected chi connectivity index (χ4v) is 2.49. The van der Waals surface area contributed by atoms with Gasteiger partial charge in [-0.05, 0) is 25.6 Å². The van der Waals surface area contributed by atoms with Crippen LogP contribution in [-0.4, -0.2) is 22.4 Å². The Bertz CT molecular complexity index is 599. The molecule has 19 heavy (non-hydrogen) atoms. The molecule has 0 aliphatic carbocycles. The van der Waals surface area contributed by atoms with Gasteiger partial charge in [0.25, 0.3) is 5.91 Å². The molecule has 0 aromatic carbocycles. The molecule has 0 saturated carbocycles. The summed E-state index contributed by atoms with van der Waals surface area (Å²) in [5, 5.41) is 5.74. The molecule has 0 fully saturated rings. The van der Waals surface area contributed by atoms with Gasteiger partial charge in [0.2, 0.25) is 0 Å². The predicted molar refractivity (Wildman–Crippen MR) is 76.8 cm³/mol. The lowest BCUT2D eigenvalue weighted by atomic mass is 10.3. The summed E-state index contributed by atoms with van der Waals surface area (Å²) < 4.78 is 0. The van der Waals surface area contributed by atoms with E-state index in [-0.39, 0.29) is 5.91 Å². The van der Waals surface area contributed by atoms with Crippen LogP contribution in [0.25, 0.3) is 0 Å². The summed E-state index contributed by atoms with van der Waals surface area (Å²) in [5.41, 5.74) is 7.13. The summed E-state index contributed by atoms with van der Waals surface area (Å²) in [6.07, 6.45) is 0.680. The topological polar surface area (TPSA) is 80.9 Å². The number of thiazole rings is 1. The molecule has 3 N–H and O–H groups in total. The van der Waals surface area contributed by atoms with E-state index in [4.69, 9.17) is 17.3 Å². The highest BCUT2D eigenvalue weighted by atomic mass is 35.5. The summed E-state index contributed by atoms with van der Waals surface area (Å²) in [6.45, 7) is 2.30. The van der Waals surface area contributed by atoms with Gasteiger partial charge in [-0.15, -0.1) is 11.3 Å². The monoisotopic (exact) mass is 296 g/mol. The normalized spacial score (nSPS) is 10.5. The molecule has 0 aliphatic heterocycles. The molecule has 0 atom stereocenters. The molecule has 0 aliphatic rings. The average Bonchev–Trinajstić information content (AvgIpc) is 2.82. The van der Waals surface area contributed by atoms with Crippen LogP contribution in [0.2, 0.25) is 5.15 Å². The summed E-state index contributed by atoms with van der Waals surface area (Å²) in [5.74, 6) is -0.258. The molecule has 0 unspecified atom stereocenters. The van der Waals surface area contributed by atoms with Crippen LogP contribution in [0.15, 0.2) is 17.5 Å². The van der Waals surface area contributed by atoms with E-state index < -0.39 is 0 Å². The predicted octanol–water partition coefficient (Wildman–Crippen LogP) is 2.25. The lowest BCUT2D eigenvalue weighted by Gasteiger charge is -2.06. The Labute approximate surface area is 119 Å². The molecule has 5 nitrogen and oxygen atoms in total. The minimum Gasteiger partial charge on any atom is -0.330 e. The largest absolute Gasteiger partial charge is 0.330 e. The van der Waals surface area contributed by atoms with Gasteiger partial charge in [0, 0.05) is 11.8 Å². The molecule has 2 aromatic rings. The molecular formula is C12H13ClN4OS. The number of carbonyl (C=O) groups is 1. The van der Waals surface area contributed by atoms with Crippen molar-refractivity contribution in [3.63, 3.8) is 0 Å². The molecule has 1 amide bonds. The first-order valence-corrected chi connectivity index (χ1v) is 6.95. The van der Waals surface area contributed by atoms with Crippen molar-refractivity contribution >= 4 is 34.5 Å². The van der Waals surface area contributed by atoms with Crippen molar-refractivity contribution in [3.05, 3.63) is 39.1 Å². The third kappa shape index (κ3) is 3.50. The number of hydrogen-bond acceptors (Lipinski definition) is 5. The molecule has 100 valence electrons. The van der Waals surface area contributed by atoms with Gasteiger partial charge in [-0.2, -0.15) is 0 Å². The van der Waals surface area contributed by atoms with Crippen LogP contribution in [0.1, 0.15) is 21.2 Å². The highest BCUT2D eigenvalue weighted by Gasteiger charge is 2.12. The summed E-state index contributed by atoms with van der Waals surface area (Å²) in [6, 6.07) is 3.35. The summed E-state index contributed by atoms with van der Waals surface area (Å²) >= 11 is 7.19. The number of anilines is 1. The third-order valence-electron chi connectivity index (χ3n) is 2.44. The number of aromatic nitrogens is 2. The van der Waals surface area contributed by atoms with Crippen molar-refractivity contribution in [2.24, 2.45) is 5.73 Å². The number of halogens is 1. The zero-order chi connectivity index (χ0) is 13.8. The number of amides is 1. The van der Waals surface area contributed by atoms with E-state index in [9.17, 15) is 4.79 Å². The van der Waals surface area contributed by atoms with Crippen molar-refractivity contribution in [2.75, 3.05) is 11.9 Å². The van der Waals surface area contributed by atoms with Gasteiger partial charge in [-0.3, -0.25) is 4.79 Å². The van der Waals surface area contributed by atoms with Crippen molar-refractivity contribution in [1.82, 2.24) is 9.97 Å². The first-order valence-electron chi connectivity index (χ1n) is 5.69. The SMILES string of the molecule is Cc1nc(Cl)ccc1NC(=O)c1csc(CCN)n1. The molecule has 0 radical (unpaired) electrons. The summed E-state index contributed by atoms with van der Waals surface area (Å²) in [7, 11) is 0. The number of aryl methyl sites for hydroxylation is 1. The van der Waals surface area contributed by atoms with Crippen molar-refractivity contribution in [2.45, 2.75) is 13.3 Å². The van der Waals surface area contributed by atoms with Crippen molar-refractivity contribution in [3.8, 4) is 0 Å². The molecule has 0 saturated heterocycles. The van der Waals surface area contributed by atoms with Gasteiger partial charge < -0.3 is 11.1 Å². The zero-order valence-electron chi connectivity index (χ0n) is 10.3. The Balaban J connectivity index is 2.11. The van der Waals surface area contributed by atoms with E-state index in [0.717, 1.165) is 5.01 Å². The number of rotatable bonds is 4. The number of nitrogens with zero attached hydrogens (tertiary/aromatic N) is 2. The zero-order valence-corrected chi connectivity index (χ0v) is 11.9. The molecule has 7 heteroatoms. The number of hydrogen-bond donors (Lipinski definition) is 2. The maximum Gasteiger partial charge on any atom is 0.275 e. The maximum absolute atomic E-state index is 12.0. The van der Waals surface area contributed by atoms with Gasteiger partial charge in [0.15, 0.2) is 0 Å². The Morgan fingerprint density at radius 3 is 2.95 bits per heavy atom. The molecular weight excluding hydrogens is 284 g/mol. The van der Waals surface area contributed by atoms with Gasteiger partial charge >= 0.3 is 0 Å². The first-order chi connectivity index (χ1) is 9.10. The molecule has 2 aromatic heterocycles. The Morgan fingerprint density at radius 2 is 2.26 bits per heavy atom. The van der Waals surface area contributed by atoms with Crippen LogP contribution in [0.3, 0.4) is 0 Å². The van der Waals surface area contributed by atoms with Crippen LogP contribution in [0, 0.1) is 6.92 Å². The van der Waals surface area contributed by atoms with E-state index in [2.05, 4.69) is 15.3 Å². The second-order valence-corrected chi connectivity index (χ2v) is 5.22. The van der Waals surface area contributed by atoms with Crippen molar-refractivity contribution < 1.29 is 4.79 Å². The van der Waals surface area contributed by atoms with Crippen LogP contribution < -0.4 is 11.1 Å². The second kappa shape index (κ2) is 6.10. The molecule has 0 spiro atoms. The van der Waals surface area contributed by atoms with E-state index in [0.29, 0.717) is 35.2 Å². The maximum atomic E-state index is 12.0. The number of nitrogens with two attached hydrogens (primary N) is 1. The molecule has 0 bridgehead atoms. The highest BCUT2D eigenvalue weighted by molar-refractivity contribution is 7.09. The lowest BCUT2D eigenvalue weighted by Crippen LogP contribution is -2.14. The van der Waals surface area contributed by atoms with Crippen LogP contribution >= 0.6 is 22.9 Å². The Hall–Kier alpha value is -1.50. The van der Waals surface area contributed by atoms with Crippen molar-refractivity contribution in [1.29, 1.82) is 0 Å². The fraction of sp³-hybridized carbons (Fsp3) is 0.250. The number of pyridine rings is 1. The Morgan fingerprint density at radius 1 is 1.47 bits per heavy atom. The lowest BCUT2D eigenvalue weighted by molar-refractivity contribution is 0.102. The number of nitrogens with one attached hydrogen (secondary N) is 1. The van der Waals surface area contributed by atoms with Crippen LogP contribution in [-0.2, 0) is 6.42 Å². The van der Waals surface area contributed by atoms with Gasteiger partial charge in [-0.1, -0.05) is 11.6 Å². The van der Waals surface area contributed by atoms with Crippen LogP contribution in [0.5, 0.6) is 0 Å². The first kappa shape index (κ1) is 13.9. The van der Waals surface area contributed by atoms with Gasteiger partial charge in [0.05, 0.1) is 16.4 Å². The average molecular weight is 297 g/mol. The van der Waals surface area contributed by atoms with E-state index in [1.807, 2.05) is 0 Å².